The van der Waals surface area contributed by atoms with Gasteiger partial charge >= 0.3 is 5.97 Å². The van der Waals surface area contributed by atoms with Gasteiger partial charge < -0.3 is 15.6 Å². The van der Waals surface area contributed by atoms with Crippen molar-refractivity contribution in [2.24, 2.45) is 23.5 Å². The number of nitrogens with two attached hydrogens (primary N) is 1. The maximum absolute atomic E-state index is 11.3. The van der Waals surface area contributed by atoms with Crippen LogP contribution < -0.4 is 10.5 Å². The second kappa shape index (κ2) is 10.1. The number of rotatable bonds is 10. The predicted molar refractivity (Wildman–Crippen MR) is 149 cm³/mol. The number of primary amides is 1. The van der Waals surface area contributed by atoms with E-state index < -0.39 is 5.97 Å². The molecule has 3 N–H and O–H groups in total. The minimum Gasteiger partial charge on any atom is -0.493 e. The molecule has 3 aromatic carbocycles. The number of amides is 1. The largest absolute Gasteiger partial charge is 0.493 e. The number of hydrogen-bond donors (Lipinski definition) is 2. The fourth-order valence-electron chi connectivity index (χ4n) is 8.00. The zero-order chi connectivity index (χ0) is 26.3. The van der Waals surface area contributed by atoms with Crippen LogP contribution in [0, 0.1) is 17.8 Å². The van der Waals surface area contributed by atoms with Crippen molar-refractivity contribution in [1.29, 1.82) is 0 Å². The monoisotopic (exact) mass is 511 g/mol. The number of carboxylic acid groups (broad SMARTS) is 1. The molecular weight excluding hydrogens is 474 g/mol. The average Bonchev–Trinajstić information content (AvgIpc) is 2.89. The molecule has 7 rings (SSSR count). The molecule has 0 aromatic heterocycles. The number of carbonyl (C=O) groups excluding carboxylic acids is 1. The van der Waals surface area contributed by atoms with Crippen molar-refractivity contribution in [3.05, 3.63) is 65.7 Å². The standard InChI is InChI=1S/C33H37NO4/c34-31(35)4-2-1-3-11-38-30-17-27-10-9-26(24-5-7-25(8-6-24)32(36)37)15-28(27)16-29(30)33-18-21-12-22(19-33)14-23(13-21)20-33/h5-10,15-17,21-23H,1-4,11-14,18-20H2,(H2,34,35)(H,36,37). The van der Waals surface area contributed by atoms with E-state index in [0.717, 1.165) is 59.3 Å². The Hall–Kier alpha value is -3.34. The van der Waals surface area contributed by atoms with Crippen LogP contribution in [0.1, 0.15) is 80.1 Å². The first-order valence-corrected chi connectivity index (χ1v) is 14.2. The summed E-state index contributed by atoms with van der Waals surface area (Å²) in [6, 6.07) is 18.3. The van der Waals surface area contributed by atoms with E-state index in [-0.39, 0.29) is 11.3 Å². The molecule has 4 fully saturated rings. The topological polar surface area (TPSA) is 89.6 Å². The summed E-state index contributed by atoms with van der Waals surface area (Å²) in [5.41, 5.74) is 9.30. The number of fused-ring (bicyclic) bond motifs is 1. The van der Waals surface area contributed by atoms with Crippen molar-refractivity contribution in [3.63, 3.8) is 0 Å². The van der Waals surface area contributed by atoms with E-state index in [1.807, 2.05) is 12.1 Å². The quantitative estimate of drug-likeness (QED) is 0.284. The maximum atomic E-state index is 11.3. The number of carbonyl (C=O) groups is 2. The minimum atomic E-state index is -0.907. The lowest BCUT2D eigenvalue weighted by Gasteiger charge is -2.57. The first-order chi connectivity index (χ1) is 18.4. The molecule has 0 spiro atoms. The van der Waals surface area contributed by atoms with Gasteiger partial charge in [-0.3, -0.25) is 4.79 Å². The highest BCUT2D eigenvalue weighted by molar-refractivity contribution is 5.91. The number of aromatic carboxylic acids is 1. The molecule has 0 atom stereocenters. The predicted octanol–water partition coefficient (Wildman–Crippen LogP) is 7.10. The molecule has 0 aliphatic heterocycles. The molecule has 198 valence electrons. The lowest BCUT2D eigenvalue weighted by atomic mass is 9.48. The molecule has 4 aliphatic carbocycles. The Bertz CT molecular complexity index is 1320. The fourth-order valence-corrected chi connectivity index (χ4v) is 8.00. The maximum Gasteiger partial charge on any atom is 0.335 e. The molecule has 1 amide bonds. The highest BCUT2D eigenvalue weighted by Gasteiger charge is 2.52. The molecule has 3 aromatic rings. The number of hydrogen-bond acceptors (Lipinski definition) is 3. The van der Waals surface area contributed by atoms with Crippen LogP contribution in [0.4, 0.5) is 0 Å². The van der Waals surface area contributed by atoms with Crippen molar-refractivity contribution in [3.8, 4) is 16.9 Å². The van der Waals surface area contributed by atoms with E-state index in [2.05, 4.69) is 30.3 Å². The van der Waals surface area contributed by atoms with Gasteiger partial charge in [0.05, 0.1) is 12.2 Å². The molecule has 0 unspecified atom stereocenters. The van der Waals surface area contributed by atoms with Crippen LogP contribution in [0.2, 0.25) is 0 Å². The number of ether oxygens (including phenoxy) is 1. The van der Waals surface area contributed by atoms with Crippen LogP contribution in [-0.4, -0.2) is 23.6 Å². The van der Waals surface area contributed by atoms with Crippen LogP contribution in [0.15, 0.2) is 54.6 Å². The molecule has 4 saturated carbocycles. The average molecular weight is 512 g/mol. The normalized spacial score (nSPS) is 25.5. The van der Waals surface area contributed by atoms with Gasteiger partial charge in [-0.1, -0.05) is 24.3 Å². The molecule has 0 saturated heterocycles. The van der Waals surface area contributed by atoms with E-state index in [9.17, 15) is 14.7 Å². The van der Waals surface area contributed by atoms with Crippen molar-refractivity contribution in [1.82, 2.24) is 0 Å². The second-order valence-electron chi connectivity index (χ2n) is 12.1. The third-order valence-corrected chi connectivity index (χ3v) is 9.34. The molecular formula is C33H37NO4. The van der Waals surface area contributed by atoms with Gasteiger partial charge in [0.2, 0.25) is 5.91 Å². The van der Waals surface area contributed by atoms with Gasteiger partial charge in [0.1, 0.15) is 5.75 Å². The van der Waals surface area contributed by atoms with E-state index in [4.69, 9.17) is 10.5 Å². The summed E-state index contributed by atoms with van der Waals surface area (Å²) in [7, 11) is 0. The van der Waals surface area contributed by atoms with Gasteiger partial charge in [-0.25, -0.2) is 4.79 Å². The van der Waals surface area contributed by atoms with Gasteiger partial charge in [0.15, 0.2) is 0 Å². The van der Waals surface area contributed by atoms with Crippen LogP contribution in [-0.2, 0) is 10.2 Å². The summed E-state index contributed by atoms with van der Waals surface area (Å²) in [6.45, 7) is 0.650. The second-order valence-corrected chi connectivity index (χ2v) is 12.1. The number of carboxylic acids is 1. The summed E-state index contributed by atoms with van der Waals surface area (Å²) >= 11 is 0. The Kier molecular flexibility index (Phi) is 6.63. The van der Waals surface area contributed by atoms with E-state index in [1.165, 1.54) is 49.5 Å². The Balaban J connectivity index is 1.33. The third-order valence-electron chi connectivity index (χ3n) is 9.34. The minimum absolute atomic E-state index is 0.212. The molecule has 0 radical (unpaired) electrons. The van der Waals surface area contributed by atoms with Gasteiger partial charge in [-0.2, -0.15) is 0 Å². The molecule has 38 heavy (non-hydrogen) atoms. The van der Waals surface area contributed by atoms with Gasteiger partial charge in [-0.15, -0.1) is 0 Å². The summed E-state index contributed by atoms with van der Waals surface area (Å²) in [5, 5.41) is 11.6. The zero-order valence-electron chi connectivity index (χ0n) is 22.0. The van der Waals surface area contributed by atoms with Gasteiger partial charge in [-0.05, 0) is 133 Å². The molecule has 5 heteroatoms. The van der Waals surface area contributed by atoms with Crippen LogP contribution in [0.5, 0.6) is 5.75 Å². The Morgan fingerprint density at radius 2 is 1.47 bits per heavy atom. The summed E-state index contributed by atoms with van der Waals surface area (Å²) in [4.78, 5) is 22.3. The Labute approximate surface area is 224 Å². The van der Waals surface area contributed by atoms with Crippen molar-refractivity contribution < 1.29 is 19.4 Å². The van der Waals surface area contributed by atoms with Crippen LogP contribution in [0.25, 0.3) is 21.9 Å². The van der Waals surface area contributed by atoms with E-state index >= 15 is 0 Å². The third kappa shape index (κ3) is 4.91. The SMILES string of the molecule is NC(=O)CCCCCOc1cc2ccc(-c3ccc(C(=O)O)cc3)cc2cc1C12CC3CC(CC(C3)C1)C2. The van der Waals surface area contributed by atoms with Crippen molar-refractivity contribution >= 4 is 22.6 Å². The van der Waals surface area contributed by atoms with E-state index in [0.29, 0.717) is 18.6 Å². The summed E-state index contributed by atoms with van der Waals surface area (Å²) in [5.74, 6) is 2.43. The van der Waals surface area contributed by atoms with Crippen LogP contribution >= 0.6 is 0 Å². The Morgan fingerprint density at radius 1 is 0.816 bits per heavy atom. The highest BCUT2D eigenvalue weighted by atomic mass is 16.5. The van der Waals surface area contributed by atoms with Gasteiger partial charge in [0.25, 0.3) is 0 Å². The smallest absolute Gasteiger partial charge is 0.335 e. The van der Waals surface area contributed by atoms with Crippen molar-refractivity contribution in [2.75, 3.05) is 6.61 Å². The fraction of sp³-hybridized carbons (Fsp3) is 0.455. The molecule has 4 aliphatic rings. The van der Waals surface area contributed by atoms with Crippen molar-refractivity contribution in [2.45, 2.75) is 69.6 Å². The number of unbranched alkanes of at least 4 members (excludes halogenated alkanes) is 2. The highest BCUT2D eigenvalue weighted by Crippen LogP contribution is 2.62. The molecule has 0 heterocycles. The van der Waals surface area contributed by atoms with E-state index in [1.54, 1.807) is 12.1 Å². The summed E-state index contributed by atoms with van der Waals surface area (Å²) in [6.07, 6.45) is 11.1. The lowest BCUT2D eigenvalue weighted by Crippen LogP contribution is -2.48. The zero-order valence-corrected chi connectivity index (χ0v) is 22.0. The lowest BCUT2D eigenvalue weighted by molar-refractivity contribution is -0.118. The molecule has 5 nitrogen and oxygen atoms in total. The molecule has 4 bridgehead atoms. The summed E-state index contributed by atoms with van der Waals surface area (Å²) < 4.78 is 6.52. The van der Waals surface area contributed by atoms with Crippen LogP contribution in [0.3, 0.4) is 0 Å². The first kappa shape index (κ1) is 25.0. The van der Waals surface area contributed by atoms with Gasteiger partial charge in [0, 0.05) is 12.0 Å². The first-order valence-electron chi connectivity index (χ1n) is 14.2. The Morgan fingerprint density at radius 3 is 2.11 bits per heavy atom. The number of benzene rings is 3.